The number of nitrogens with two attached hydrogens (primary N) is 1. The van der Waals surface area contributed by atoms with Crippen LogP contribution < -0.4 is 5.73 Å². The van der Waals surface area contributed by atoms with Crippen LogP contribution in [0.3, 0.4) is 0 Å². The lowest BCUT2D eigenvalue weighted by Crippen LogP contribution is -2.19. The van der Waals surface area contributed by atoms with Crippen LogP contribution in [-0.4, -0.2) is 20.8 Å². The van der Waals surface area contributed by atoms with Crippen molar-refractivity contribution in [2.24, 2.45) is 5.73 Å². The molecule has 0 aliphatic rings. The zero-order valence-corrected chi connectivity index (χ0v) is 13.0. The van der Waals surface area contributed by atoms with Gasteiger partial charge in [0.1, 0.15) is 5.82 Å². The zero-order chi connectivity index (χ0) is 14.7. The Bertz CT molecular complexity index is 590. The first-order chi connectivity index (χ1) is 9.56. The molecule has 0 fully saturated rings. The van der Waals surface area contributed by atoms with Crippen LogP contribution in [0.1, 0.15) is 38.0 Å². The van der Waals surface area contributed by atoms with E-state index in [2.05, 4.69) is 23.9 Å². The van der Waals surface area contributed by atoms with Crippen LogP contribution in [-0.2, 0) is 19.3 Å². The highest BCUT2D eigenvalue weighted by Crippen LogP contribution is 2.25. The topological polar surface area (TPSA) is 56.7 Å². The summed E-state index contributed by atoms with van der Waals surface area (Å²) < 4.78 is 1.91. The van der Waals surface area contributed by atoms with Crippen LogP contribution in [0.25, 0.3) is 5.69 Å². The number of benzene rings is 1. The van der Waals surface area contributed by atoms with E-state index in [1.54, 1.807) is 0 Å². The van der Waals surface area contributed by atoms with E-state index in [1.165, 1.54) is 0 Å². The monoisotopic (exact) mass is 292 g/mol. The molecule has 0 aliphatic heterocycles. The van der Waals surface area contributed by atoms with Crippen LogP contribution in [0.2, 0.25) is 5.02 Å². The lowest BCUT2D eigenvalue weighted by Gasteiger charge is -2.14. The van der Waals surface area contributed by atoms with Crippen molar-refractivity contribution in [1.82, 2.24) is 14.8 Å². The minimum atomic E-state index is 0.0490. The minimum Gasteiger partial charge on any atom is -0.328 e. The van der Waals surface area contributed by atoms with Gasteiger partial charge in [-0.1, -0.05) is 31.5 Å². The van der Waals surface area contributed by atoms with E-state index >= 15 is 0 Å². The summed E-state index contributed by atoms with van der Waals surface area (Å²) >= 11 is 6.34. The van der Waals surface area contributed by atoms with Gasteiger partial charge < -0.3 is 5.73 Å². The summed E-state index contributed by atoms with van der Waals surface area (Å²) in [6, 6.07) is 5.91. The normalized spacial score (nSPS) is 12.7. The minimum absolute atomic E-state index is 0.0490. The third-order valence-corrected chi connectivity index (χ3v) is 3.55. The van der Waals surface area contributed by atoms with Crippen LogP contribution in [0.5, 0.6) is 0 Å². The quantitative estimate of drug-likeness (QED) is 0.922. The molecule has 1 aromatic heterocycles. The standard InChI is InChI=1S/C15H21ClN4/c1-4-14-18-15(5-2)20(19-14)13-8-6-7-12(16)11(13)9-10(3)17/h6-8,10H,4-5,9,17H2,1-3H3. The Balaban J connectivity index is 2.57. The maximum atomic E-state index is 6.34. The van der Waals surface area contributed by atoms with Gasteiger partial charge in [0, 0.05) is 23.9 Å². The van der Waals surface area contributed by atoms with Crippen molar-refractivity contribution >= 4 is 11.6 Å². The highest BCUT2D eigenvalue weighted by atomic mass is 35.5. The van der Waals surface area contributed by atoms with Gasteiger partial charge in [0.2, 0.25) is 0 Å². The molecule has 1 unspecified atom stereocenters. The lowest BCUT2D eigenvalue weighted by atomic mass is 10.1. The molecule has 20 heavy (non-hydrogen) atoms. The van der Waals surface area contributed by atoms with Crippen molar-refractivity contribution in [3.63, 3.8) is 0 Å². The van der Waals surface area contributed by atoms with Crippen molar-refractivity contribution in [3.05, 3.63) is 40.4 Å². The fourth-order valence-corrected chi connectivity index (χ4v) is 2.48. The zero-order valence-electron chi connectivity index (χ0n) is 12.2. The molecule has 2 N–H and O–H groups in total. The van der Waals surface area contributed by atoms with Gasteiger partial charge >= 0.3 is 0 Å². The van der Waals surface area contributed by atoms with Gasteiger partial charge in [-0.3, -0.25) is 0 Å². The van der Waals surface area contributed by atoms with Crippen LogP contribution in [0.4, 0.5) is 0 Å². The molecule has 1 heterocycles. The predicted octanol–water partition coefficient (Wildman–Crippen LogP) is 2.94. The number of aromatic nitrogens is 3. The van der Waals surface area contributed by atoms with Gasteiger partial charge in [-0.2, -0.15) is 5.10 Å². The largest absolute Gasteiger partial charge is 0.328 e. The first-order valence-corrected chi connectivity index (χ1v) is 7.42. The molecule has 0 radical (unpaired) electrons. The van der Waals surface area contributed by atoms with Gasteiger partial charge in [0.25, 0.3) is 0 Å². The SMILES string of the molecule is CCc1nc(CC)n(-c2cccc(Cl)c2CC(C)N)n1. The molecule has 0 spiro atoms. The molecule has 0 aliphatic carbocycles. The van der Waals surface area contributed by atoms with Gasteiger partial charge in [0.05, 0.1) is 5.69 Å². The molecular weight excluding hydrogens is 272 g/mol. The average molecular weight is 293 g/mol. The van der Waals surface area contributed by atoms with Crippen LogP contribution >= 0.6 is 11.6 Å². The second-order valence-corrected chi connectivity index (χ2v) is 5.39. The average Bonchev–Trinajstić information content (AvgIpc) is 2.84. The number of hydrogen-bond donors (Lipinski definition) is 1. The Morgan fingerprint density at radius 1 is 1.30 bits per heavy atom. The molecular formula is C15H21ClN4. The summed E-state index contributed by atoms with van der Waals surface area (Å²) in [5.41, 5.74) is 7.96. The molecule has 0 bridgehead atoms. The second kappa shape index (κ2) is 6.37. The van der Waals surface area contributed by atoms with Crippen molar-refractivity contribution in [3.8, 4) is 5.69 Å². The Kier molecular flexibility index (Phi) is 4.78. The van der Waals surface area contributed by atoms with E-state index in [0.717, 1.165) is 47.2 Å². The summed E-state index contributed by atoms with van der Waals surface area (Å²) in [5.74, 6) is 1.81. The smallest absolute Gasteiger partial charge is 0.151 e. The van der Waals surface area contributed by atoms with E-state index in [9.17, 15) is 0 Å². The number of rotatable bonds is 5. The Hall–Kier alpha value is -1.39. The number of nitrogens with zero attached hydrogens (tertiary/aromatic N) is 3. The molecule has 0 saturated heterocycles. The fraction of sp³-hybridized carbons (Fsp3) is 0.467. The van der Waals surface area contributed by atoms with Gasteiger partial charge in [-0.25, -0.2) is 9.67 Å². The molecule has 4 nitrogen and oxygen atoms in total. The van der Waals surface area contributed by atoms with Gasteiger partial charge in [-0.15, -0.1) is 0 Å². The van der Waals surface area contributed by atoms with Crippen LogP contribution in [0, 0.1) is 0 Å². The highest BCUT2D eigenvalue weighted by Gasteiger charge is 2.15. The number of halogens is 1. The van der Waals surface area contributed by atoms with Gasteiger partial charge in [0.15, 0.2) is 5.82 Å². The molecule has 1 atom stereocenters. The summed E-state index contributed by atoms with van der Waals surface area (Å²) in [6.45, 7) is 6.11. The van der Waals surface area contributed by atoms with E-state index < -0.39 is 0 Å². The Morgan fingerprint density at radius 3 is 2.65 bits per heavy atom. The molecule has 5 heteroatoms. The number of hydrogen-bond acceptors (Lipinski definition) is 3. The van der Waals surface area contributed by atoms with Crippen molar-refractivity contribution in [2.45, 2.75) is 46.1 Å². The number of aryl methyl sites for hydroxylation is 2. The summed E-state index contributed by atoms with van der Waals surface area (Å²) in [6.07, 6.45) is 2.37. The fourth-order valence-electron chi connectivity index (χ4n) is 2.23. The third kappa shape index (κ3) is 3.02. The van der Waals surface area contributed by atoms with E-state index in [-0.39, 0.29) is 6.04 Å². The van der Waals surface area contributed by atoms with Crippen molar-refractivity contribution in [1.29, 1.82) is 0 Å². The molecule has 2 rings (SSSR count). The van der Waals surface area contributed by atoms with Crippen molar-refractivity contribution < 1.29 is 0 Å². The summed E-state index contributed by atoms with van der Waals surface area (Å²) in [4.78, 5) is 4.55. The van der Waals surface area contributed by atoms with Gasteiger partial charge in [-0.05, 0) is 31.0 Å². The van der Waals surface area contributed by atoms with E-state index in [1.807, 2.05) is 29.8 Å². The molecule has 0 amide bonds. The van der Waals surface area contributed by atoms with Crippen LogP contribution in [0.15, 0.2) is 18.2 Å². The lowest BCUT2D eigenvalue weighted by molar-refractivity contribution is 0.718. The molecule has 108 valence electrons. The maximum Gasteiger partial charge on any atom is 0.151 e. The first kappa shape index (κ1) is 15.0. The second-order valence-electron chi connectivity index (χ2n) is 4.98. The third-order valence-electron chi connectivity index (χ3n) is 3.20. The maximum absolute atomic E-state index is 6.34. The molecule has 2 aromatic rings. The van der Waals surface area contributed by atoms with E-state index in [4.69, 9.17) is 17.3 Å². The first-order valence-electron chi connectivity index (χ1n) is 7.04. The molecule has 1 aromatic carbocycles. The Morgan fingerprint density at radius 2 is 2.05 bits per heavy atom. The highest BCUT2D eigenvalue weighted by molar-refractivity contribution is 6.31. The summed E-state index contributed by atoms with van der Waals surface area (Å²) in [7, 11) is 0. The summed E-state index contributed by atoms with van der Waals surface area (Å²) in [5, 5.41) is 5.32. The van der Waals surface area contributed by atoms with E-state index in [0.29, 0.717) is 0 Å². The van der Waals surface area contributed by atoms with Crippen molar-refractivity contribution in [2.75, 3.05) is 0 Å². The Labute approximate surface area is 125 Å². The predicted molar refractivity (Wildman–Crippen MR) is 82.5 cm³/mol. The molecule has 0 saturated carbocycles.